The van der Waals surface area contributed by atoms with Crippen LogP contribution in [-0.4, -0.2) is 4.98 Å². The Morgan fingerprint density at radius 1 is 1.15 bits per heavy atom. The molecule has 20 heavy (non-hydrogen) atoms. The molecule has 1 heterocycles. The molecule has 0 bridgehead atoms. The molecule has 0 aliphatic rings. The fourth-order valence-electron chi connectivity index (χ4n) is 1.97. The van der Waals surface area contributed by atoms with Crippen LogP contribution in [0.25, 0.3) is 0 Å². The van der Waals surface area contributed by atoms with Gasteiger partial charge in [-0.05, 0) is 36.1 Å². The smallest absolute Gasteiger partial charge is 0.223 e. The largest absolute Gasteiger partial charge is 0.439 e. The molecule has 0 aliphatic carbocycles. The lowest BCUT2D eigenvalue weighted by atomic mass is 9.87. The lowest BCUT2D eigenvalue weighted by Crippen LogP contribution is -2.11. The van der Waals surface area contributed by atoms with Crippen molar-refractivity contribution in [2.24, 2.45) is 5.73 Å². The first-order valence-electron chi connectivity index (χ1n) is 6.87. The van der Waals surface area contributed by atoms with Crippen LogP contribution >= 0.6 is 0 Å². The Bertz CT molecular complexity index is 586. The number of hydrogen-bond donors (Lipinski definition) is 1. The minimum absolute atomic E-state index is 0.0907. The first-order valence-corrected chi connectivity index (χ1v) is 6.87. The molecule has 2 rings (SSSR count). The molecular formula is C17H22N2O. The van der Waals surface area contributed by atoms with Crippen molar-refractivity contribution >= 4 is 0 Å². The Morgan fingerprint density at radius 3 is 2.55 bits per heavy atom. The molecule has 3 nitrogen and oxygen atoms in total. The quantitative estimate of drug-likeness (QED) is 0.909. The number of aromatic nitrogens is 1. The molecule has 1 aromatic carbocycles. The zero-order valence-electron chi connectivity index (χ0n) is 12.6. The van der Waals surface area contributed by atoms with Gasteiger partial charge in [-0.3, -0.25) is 0 Å². The number of pyridine rings is 1. The zero-order valence-corrected chi connectivity index (χ0v) is 12.6. The van der Waals surface area contributed by atoms with Crippen LogP contribution < -0.4 is 10.5 Å². The molecule has 2 aromatic rings. The van der Waals surface area contributed by atoms with Gasteiger partial charge in [0.1, 0.15) is 5.75 Å². The van der Waals surface area contributed by atoms with Gasteiger partial charge < -0.3 is 10.5 Å². The molecule has 0 aliphatic heterocycles. The van der Waals surface area contributed by atoms with E-state index in [9.17, 15) is 0 Å². The molecule has 1 aromatic heterocycles. The summed E-state index contributed by atoms with van der Waals surface area (Å²) >= 11 is 0. The van der Waals surface area contributed by atoms with E-state index in [4.69, 9.17) is 10.5 Å². The van der Waals surface area contributed by atoms with Gasteiger partial charge in [-0.15, -0.1) is 0 Å². The molecule has 106 valence electrons. The molecule has 0 amide bonds. The van der Waals surface area contributed by atoms with E-state index in [1.54, 1.807) is 6.20 Å². The van der Waals surface area contributed by atoms with Crippen LogP contribution in [0.5, 0.6) is 11.6 Å². The van der Waals surface area contributed by atoms with Crippen LogP contribution in [0.4, 0.5) is 0 Å². The summed E-state index contributed by atoms with van der Waals surface area (Å²) in [7, 11) is 0. The third kappa shape index (κ3) is 3.36. The highest BCUT2D eigenvalue weighted by Gasteiger charge is 2.15. The number of hydrogen-bond acceptors (Lipinski definition) is 3. The third-order valence-corrected chi connectivity index (χ3v) is 3.21. The van der Waals surface area contributed by atoms with E-state index in [0.29, 0.717) is 5.88 Å². The summed E-state index contributed by atoms with van der Waals surface area (Å²) in [5, 5.41) is 0. The van der Waals surface area contributed by atoms with Gasteiger partial charge in [0.05, 0.1) is 0 Å². The molecule has 0 spiro atoms. The van der Waals surface area contributed by atoms with Crippen molar-refractivity contribution in [2.45, 2.75) is 39.2 Å². The molecular weight excluding hydrogens is 248 g/mol. The van der Waals surface area contributed by atoms with Gasteiger partial charge in [0.25, 0.3) is 0 Å². The molecule has 1 unspecified atom stereocenters. The van der Waals surface area contributed by atoms with Crippen LogP contribution in [0.3, 0.4) is 0 Å². The van der Waals surface area contributed by atoms with E-state index in [1.165, 1.54) is 5.56 Å². The van der Waals surface area contributed by atoms with Crippen molar-refractivity contribution in [1.29, 1.82) is 0 Å². The lowest BCUT2D eigenvalue weighted by Gasteiger charge is -2.20. The minimum atomic E-state index is -0.107. The molecule has 0 radical (unpaired) electrons. The van der Waals surface area contributed by atoms with Gasteiger partial charge in [0.15, 0.2) is 0 Å². The number of nitrogens with two attached hydrogens (primary N) is 1. The van der Waals surface area contributed by atoms with E-state index < -0.39 is 0 Å². The average molecular weight is 270 g/mol. The van der Waals surface area contributed by atoms with Crippen LogP contribution in [0.15, 0.2) is 42.6 Å². The first-order chi connectivity index (χ1) is 9.38. The normalized spacial score (nSPS) is 13.1. The van der Waals surface area contributed by atoms with Crippen molar-refractivity contribution < 1.29 is 4.74 Å². The van der Waals surface area contributed by atoms with Crippen LogP contribution in [0, 0.1) is 0 Å². The third-order valence-electron chi connectivity index (χ3n) is 3.21. The highest BCUT2D eigenvalue weighted by Crippen LogP contribution is 2.30. The van der Waals surface area contributed by atoms with Crippen LogP contribution in [0.2, 0.25) is 0 Å². The van der Waals surface area contributed by atoms with E-state index in [-0.39, 0.29) is 11.5 Å². The van der Waals surface area contributed by atoms with Crippen molar-refractivity contribution in [3.8, 4) is 11.6 Å². The number of nitrogens with zero attached hydrogens (tertiary/aromatic N) is 1. The molecule has 0 saturated heterocycles. The Labute approximate surface area is 120 Å². The highest BCUT2D eigenvalue weighted by molar-refractivity contribution is 5.37. The maximum Gasteiger partial charge on any atom is 0.223 e. The Kier molecular flexibility index (Phi) is 4.09. The summed E-state index contributed by atoms with van der Waals surface area (Å²) in [6.45, 7) is 8.47. The zero-order chi connectivity index (χ0) is 14.8. The lowest BCUT2D eigenvalue weighted by molar-refractivity contribution is 0.449. The fraction of sp³-hybridized carbons (Fsp3) is 0.353. The molecule has 3 heteroatoms. The second-order valence-electron chi connectivity index (χ2n) is 6.07. The Hall–Kier alpha value is -1.87. The van der Waals surface area contributed by atoms with Crippen molar-refractivity contribution in [3.63, 3.8) is 0 Å². The van der Waals surface area contributed by atoms with Crippen molar-refractivity contribution in [1.82, 2.24) is 4.98 Å². The summed E-state index contributed by atoms with van der Waals surface area (Å²) in [4.78, 5) is 4.28. The van der Waals surface area contributed by atoms with E-state index in [2.05, 4.69) is 37.9 Å². The molecule has 0 saturated carbocycles. The van der Waals surface area contributed by atoms with Crippen molar-refractivity contribution in [3.05, 3.63) is 53.7 Å². The first kappa shape index (κ1) is 14.5. The Balaban J connectivity index is 2.31. The Morgan fingerprint density at radius 2 is 1.90 bits per heavy atom. The van der Waals surface area contributed by atoms with E-state index >= 15 is 0 Å². The standard InChI is InChI=1S/C17H22N2O/c1-12(18)15-9-6-10-19-16(15)20-14-8-5-7-13(11-14)17(2,3)4/h5-12H,18H2,1-4H3. The maximum atomic E-state index is 5.95. The topological polar surface area (TPSA) is 48.1 Å². The predicted octanol–water partition coefficient (Wildman–Crippen LogP) is 4.19. The predicted molar refractivity (Wildman–Crippen MR) is 82.1 cm³/mol. The molecule has 2 N–H and O–H groups in total. The second-order valence-corrected chi connectivity index (χ2v) is 6.07. The van der Waals surface area contributed by atoms with Gasteiger partial charge >= 0.3 is 0 Å². The summed E-state index contributed by atoms with van der Waals surface area (Å²) in [6, 6.07) is 11.8. The summed E-state index contributed by atoms with van der Waals surface area (Å²) in [6.07, 6.45) is 1.72. The number of benzene rings is 1. The average Bonchev–Trinajstić information content (AvgIpc) is 2.38. The van der Waals surface area contributed by atoms with Gasteiger partial charge in [0, 0.05) is 17.8 Å². The van der Waals surface area contributed by atoms with Gasteiger partial charge in [-0.25, -0.2) is 4.98 Å². The summed E-state index contributed by atoms with van der Waals surface area (Å²) in [5.41, 5.74) is 8.18. The highest BCUT2D eigenvalue weighted by atomic mass is 16.5. The summed E-state index contributed by atoms with van der Waals surface area (Å²) < 4.78 is 5.92. The van der Waals surface area contributed by atoms with Gasteiger partial charge in [0.2, 0.25) is 5.88 Å². The van der Waals surface area contributed by atoms with Crippen molar-refractivity contribution in [2.75, 3.05) is 0 Å². The number of ether oxygens (including phenoxy) is 1. The SMILES string of the molecule is CC(N)c1cccnc1Oc1cccc(C(C)(C)C)c1. The summed E-state index contributed by atoms with van der Waals surface area (Å²) in [5.74, 6) is 1.37. The maximum absolute atomic E-state index is 5.95. The monoisotopic (exact) mass is 270 g/mol. The second kappa shape index (κ2) is 5.63. The van der Waals surface area contributed by atoms with E-state index in [0.717, 1.165) is 11.3 Å². The molecule has 0 fully saturated rings. The van der Waals surface area contributed by atoms with Gasteiger partial charge in [-0.1, -0.05) is 39.0 Å². The van der Waals surface area contributed by atoms with Crippen LogP contribution in [-0.2, 0) is 5.41 Å². The van der Waals surface area contributed by atoms with Gasteiger partial charge in [-0.2, -0.15) is 0 Å². The minimum Gasteiger partial charge on any atom is -0.439 e. The van der Waals surface area contributed by atoms with E-state index in [1.807, 2.05) is 31.2 Å². The fourth-order valence-corrected chi connectivity index (χ4v) is 1.97. The molecule has 1 atom stereocenters. The van der Waals surface area contributed by atoms with Crippen LogP contribution in [0.1, 0.15) is 44.9 Å². The number of rotatable bonds is 3.